The minimum atomic E-state index is -1.44. The molecule has 1 aromatic carbocycles. The molecule has 0 amide bonds. The van der Waals surface area contributed by atoms with Gasteiger partial charge in [0, 0.05) is 12.6 Å². The van der Waals surface area contributed by atoms with E-state index < -0.39 is 17.5 Å². The van der Waals surface area contributed by atoms with Crippen LogP contribution in [0, 0.1) is 17.5 Å². The number of aliphatic imine (C=N–C) groups is 1. The number of likely N-dealkylation sites (tertiary alicyclic amines) is 1. The summed E-state index contributed by atoms with van der Waals surface area (Å²) in [5.41, 5.74) is 6.17. The lowest BCUT2D eigenvalue weighted by molar-refractivity contribution is 0.273. The van der Waals surface area contributed by atoms with Crippen LogP contribution in [0.2, 0.25) is 0 Å². The van der Waals surface area contributed by atoms with E-state index in [-0.39, 0.29) is 24.0 Å². The minimum Gasteiger partial charge on any atom is -0.370 e. The summed E-state index contributed by atoms with van der Waals surface area (Å²) in [6.45, 7) is 5.26. The van der Waals surface area contributed by atoms with Crippen LogP contribution < -0.4 is 11.1 Å². The number of likely N-dealkylation sites (N-methyl/N-ethyl adjacent to an activating group) is 1. The topological polar surface area (TPSA) is 53.6 Å². The van der Waals surface area contributed by atoms with Crippen molar-refractivity contribution in [3.8, 4) is 0 Å². The molecule has 24 heavy (non-hydrogen) atoms. The molecule has 1 heterocycles. The van der Waals surface area contributed by atoms with Gasteiger partial charge in [0.05, 0.1) is 6.54 Å². The van der Waals surface area contributed by atoms with E-state index in [0.717, 1.165) is 31.6 Å². The normalized spacial score (nSPS) is 18.5. The molecule has 0 aromatic heterocycles. The first-order chi connectivity index (χ1) is 11.0. The van der Waals surface area contributed by atoms with E-state index in [1.165, 1.54) is 6.42 Å². The molecule has 0 bridgehead atoms. The van der Waals surface area contributed by atoms with Crippen molar-refractivity contribution < 1.29 is 13.2 Å². The third-order valence-electron chi connectivity index (χ3n) is 4.14. The first kappa shape index (κ1) is 21.0. The van der Waals surface area contributed by atoms with Gasteiger partial charge in [-0.3, -0.25) is 9.89 Å². The fourth-order valence-electron chi connectivity index (χ4n) is 2.87. The third kappa shape index (κ3) is 5.80. The second-order valence-electron chi connectivity index (χ2n) is 5.70. The third-order valence-corrected chi connectivity index (χ3v) is 4.14. The quantitative estimate of drug-likeness (QED) is 0.300. The maximum atomic E-state index is 13.1. The lowest BCUT2D eigenvalue weighted by Gasteiger charge is -2.20. The van der Waals surface area contributed by atoms with Crippen molar-refractivity contribution in [3.05, 3.63) is 35.1 Å². The summed E-state index contributed by atoms with van der Waals surface area (Å²) >= 11 is 0. The second-order valence-corrected chi connectivity index (χ2v) is 5.70. The molecule has 0 radical (unpaired) electrons. The van der Waals surface area contributed by atoms with Crippen molar-refractivity contribution in [2.75, 3.05) is 26.2 Å². The Labute approximate surface area is 157 Å². The van der Waals surface area contributed by atoms with Crippen LogP contribution in [0.15, 0.2) is 17.1 Å². The van der Waals surface area contributed by atoms with Crippen LogP contribution >= 0.6 is 24.0 Å². The molecular weight excluding hydrogens is 432 g/mol. The number of hydrogen-bond acceptors (Lipinski definition) is 2. The van der Waals surface area contributed by atoms with Gasteiger partial charge >= 0.3 is 0 Å². The predicted molar refractivity (Wildman–Crippen MR) is 100 cm³/mol. The second kappa shape index (κ2) is 10.1. The highest BCUT2D eigenvalue weighted by molar-refractivity contribution is 14.0. The SMILES string of the molecule is CCN1CCCC1CN=C(N)NCCc1cc(F)c(F)c(F)c1.I. The van der Waals surface area contributed by atoms with Gasteiger partial charge in [0.25, 0.3) is 0 Å². The molecule has 0 spiro atoms. The van der Waals surface area contributed by atoms with Crippen LogP contribution in [0.4, 0.5) is 13.2 Å². The van der Waals surface area contributed by atoms with Crippen molar-refractivity contribution >= 4 is 29.9 Å². The van der Waals surface area contributed by atoms with E-state index in [1.54, 1.807) is 0 Å². The maximum Gasteiger partial charge on any atom is 0.194 e. The van der Waals surface area contributed by atoms with Gasteiger partial charge in [-0.2, -0.15) is 0 Å². The van der Waals surface area contributed by atoms with E-state index in [9.17, 15) is 13.2 Å². The largest absolute Gasteiger partial charge is 0.370 e. The van der Waals surface area contributed by atoms with Gasteiger partial charge in [-0.15, -0.1) is 24.0 Å². The highest BCUT2D eigenvalue weighted by Crippen LogP contribution is 2.16. The molecule has 0 aliphatic carbocycles. The van der Waals surface area contributed by atoms with Gasteiger partial charge in [0.15, 0.2) is 23.4 Å². The smallest absolute Gasteiger partial charge is 0.194 e. The summed E-state index contributed by atoms with van der Waals surface area (Å²) in [4.78, 5) is 6.69. The number of nitrogens with one attached hydrogen (secondary N) is 1. The Morgan fingerprint density at radius 1 is 1.33 bits per heavy atom. The Bertz CT molecular complexity index is 545. The summed E-state index contributed by atoms with van der Waals surface area (Å²) in [7, 11) is 0. The Kier molecular flexibility index (Phi) is 8.82. The van der Waals surface area contributed by atoms with Crippen molar-refractivity contribution in [1.29, 1.82) is 0 Å². The predicted octanol–water partition coefficient (Wildman–Crippen LogP) is 2.65. The zero-order valence-corrected chi connectivity index (χ0v) is 16.0. The average molecular weight is 456 g/mol. The number of halogens is 4. The van der Waals surface area contributed by atoms with E-state index >= 15 is 0 Å². The molecule has 1 aromatic rings. The number of hydrogen-bond donors (Lipinski definition) is 2. The number of benzene rings is 1. The molecule has 8 heteroatoms. The zero-order valence-electron chi connectivity index (χ0n) is 13.7. The van der Waals surface area contributed by atoms with Gasteiger partial charge in [-0.05, 0) is 50.0 Å². The van der Waals surface area contributed by atoms with Crippen LogP contribution in [0.25, 0.3) is 0 Å². The molecule has 1 aliphatic heterocycles. The van der Waals surface area contributed by atoms with E-state index in [2.05, 4.69) is 22.1 Å². The molecule has 3 N–H and O–H groups in total. The minimum absolute atomic E-state index is 0. The monoisotopic (exact) mass is 456 g/mol. The summed E-state index contributed by atoms with van der Waals surface area (Å²) < 4.78 is 39.1. The summed E-state index contributed by atoms with van der Waals surface area (Å²) in [5, 5.41) is 2.91. The Hall–Kier alpha value is -1.03. The number of nitrogens with two attached hydrogens (primary N) is 1. The van der Waals surface area contributed by atoms with Gasteiger partial charge in [-0.25, -0.2) is 13.2 Å². The van der Waals surface area contributed by atoms with Crippen molar-refractivity contribution in [3.63, 3.8) is 0 Å². The molecule has 136 valence electrons. The van der Waals surface area contributed by atoms with Gasteiger partial charge in [0.2, 0.25) is 0 Å². The Balaban J connectivity index is 0.00000288. The van der Waals surface area contributed by atoms with E-state index in [0.29, 0.717) is 37.1 Å². The highest BCUT2D eigenvalue weighted by atomic mass is 127. The maximum absolute atomic E-state index is 13.1. The van der Waals surface area contributed by atoms with Crippen LogP contribution in [0.1, 0.15) is 25.3 Å². The molecule has 0 saturated carbocycles. The summed E-state index contributed by atoms with van der Waals surface area (Å²) in [6.07, 6.45) is 2.64. The standard InChI is InChI=1S/C16H23F3N4.HI/c1-2-23-7-3-4-12(23)10-22-16(20)21-6-5-11-8-13(17)15(19)14(18)9-11;/h8-9,12H,2-7,10H2,1H3,(H3,20,21,22);1H. The molecule has 4 nitrogen and oxygen atoms in total. The number of nitrogens with zero attached hydrogens (tertiary/aromatic N) is 2. The molecule has 1 atom stereocenters. The first-order valence-electron chi connectivity index (χ1n) is 7.92. The lowest BCUT2D eigenvalue weighted by Crippen LogP contribution is -2.36. The van der Waals surface area contributed by atoms with Gasteiger partial charge in [-0.1, -0.05) is 6.92 Å². The Morgan fingerprint density at radius 3 is 2.62 bits per heavy atom. The van der Waals surface area contributed by atoms with Crippen LogP contribution in [0.3, 0.4) is 0 Å². The first-order valence-corrected chi connectivity index (χ1v) is 7.92. The molecule has 1 saturated heterocycles. The summed E-state index contributed by atoms with van der Waals surface area (Å²) in [5.74, 6) is -3.49. The molecule has 1 fully saturated rings. The van der Waals surface area contributed by atoms with Crippen molar-refractivity contribution in [1.82, 2.24) is 10.2 Å². The van der Waals surface area contributed by atoms with Crippen LogP contribution in [0.5, 0.6) is 0 Å². The molecule has 1 unspecified atom stereocenters. The Morgan fingerprint density at radius 2 is 2.00 bits per heavy atom. The summed E-state index contributed by atoms with van der Waals surface area (Å²) in [6, 6.07) is 2.41. The van der Waals surface area contributed by atoms with Crippen LogP contribution in [-0.4, -0.2) is 43.1 Å². The fourth-order valence-corrected chi connectivity index (χ4v) is 2.87. The van der Waals surface area contributed by atoms with Gasteiger partial charge < -0.3 is 11.1 Å². The molecule has 2 rings (SSSR count). The van der Waals surface area contributed by atoms with E-state index in [4.69, 9.17) is 5.73 Å². The van der Waals surface area contributed by atoms with Crippen molar-refractivity contribution in [2.24, 2.45) is 10.7 Å². The fraction of sp³-hybridized carbons (Fsp3) is 0.562. The lowest BCUT2D eigenvalue weighted by atomic mass is 10.1. The van der Waals surface area contributed by atoms with Crippen LogP contribution in [-0.2, 0) is 6.42 Å². The zero-order chi connectivity index (χ0) is 16.8. The number of guanidine groups is 1. The molecular formula is C16H24F3IN4. The number of rotatable bonds is 6. The van der Waals surface area contributed by atoms with E-state index in [1.807, 2.05) is 0 Å². The van der Waals surface area contributed by atoms with Crippen molar-refractivity contribution in [2.45, 2.75) is 32.2 Å². The van der Waals surface area contributed by atoms with Gasteiger partial charge in [0.1, 0.15) is 0 Å². The average Bonchev–Trinajstić information content (AvgIpc) is 2.98. The molecule has 1 aliphatic rings. The highest BCUT2D eigenvalue weighted by Gasteiger charge is 2.22.